The van der Waals surface area contributed by atoms with Gasteiger partial charge >= 0.3 is 0 Å². The Morgan fingerprint density at radius 1 is 1.35 bits per heavy atom. The van der Waals surface area contributed by atoms with Gasteiger partial charge in [-0.1, -0.05) is 37.9 Å². The Morgan fingerprint density at radius 3 is 2.77 bits per heavy atom. The summed E-state index contributed by atoms with van der Waals surface area (Å²) in [5.74, 6) is 0.938. The van der Waals surface area contributed by atoms with Crippen molar-refractivity contribution in [3.63, 3.8) is 0 Å². The molecule has 0 spiro atoms. The van der Waals surface area contributed by atoms with Crippen LogP contribution in [0.5, 0.6) is 0 Å². The molecule has 7 heteroatoms. The molecular weight excluding hydrogens is 366 g/mol. The van der Waals surface area contributed by atoms with E-state index in [0.717, 1.165) is 33.6 Å². The largest absolute Gasteiger partial charge is 0.355 e. The number of amides is 1. The van der Waals surface area contributed by atoms with Crippen LogP contribution >= 0.6 is 23.1 Å². The molecule has 5 nitrogen and oxygen atoms in total. The van der Waals surface area contributed by atoms with Crippen LogP contribution in [0, 0.1) is 12.8 Å². The number of hydrogen-bond acceptors (Lipinski definition) is 5. The lowest BCUT2D eigenvalue weighted by molar-refractivity contribution is -0.118. The average molecular weight is 394 g/mol. The molecule has 0 aromatic carbocycles. The van der Waals surface area contributed by atoms with Gasteiger partial charge in [-0.25, -0.2) is 4.98 Å². The Kier molecular flexibility index (Phi) is 6.40. The van der Waals surface area contributed by atoms with E-state index in [-0.39, 0.29) is 11.5 Å². The smallest absolute Gasteiger partial charge is 0.262 e. The highest BCUT2D eigenvalue weighted by atomic mass is 32.2. The van der Waals surface area contributed by atoms with E-state index in [9.17, 15) is 9.59 Å². The molecule has 0 unspecified atom stereocenters. The maximum atomic E-state index is 12.7. The number of aryl methyl sites for hydroxylation is 2. The third-order valence-electron chi connectivity index (χ3n) is 5.19. The van der Waals surface area contributed by atoms with Gasteiger partial charge in [-0.3, -0.25) is 14.2 Å². The number of carbonyl (C=O) groups excluding carboxylic acids is 1. The Hall–Kier alpha value is -1.34. The van der Waals surface area contributed by atoms with Crippen LogP contribution in [-0.2, 0) is 18.3 Å². The second-order valence-electron chi connectivity index (χ2n) is 7.03. The number of nitrogens with zero attached hydrogens (tertiary/aromatic N) is 2. The molecule has 1 aliphatic carbocycles. The van der Waals surface area contributed by atoms with Gasteiger partial charge in [-0.2, -0.15) is 0 Å². The lowest BCUT2D eigenvalue weighted by Crippen LogP contribution is -2.31. The third-order valence-corrected chi connectivity index (χ3v) is 7.26. The number of carbonyl (C=O) groups is 1. The molecule has 1 saturated carbocycles. The molecule has 1 aliphatic rings. The monoisotopic (exact) mass is 393 g/mol. The molecule has 1 fully saturated rings. The predicted molar refractivity (Wildman–Crippen MR) is 109 cm³/mol. The number of nitrogens with one attached hydrogen (secondary N) is 1. The van der Waals surface area contributed by atoms with Crippen LogP contribution in [0.25, 0.3) is 10.2 Å². The van der Waals surface area contributed by atoms with Gasteiger partial charge in [0.1, 0.15) is 4.83 Å². The SMILES string of the molecule is CCc1c(C)sc2nc(SCC(=O)NCC3CCCCC3)n(C)c(=O)c12. The molecular formula is C19H27N3O2S2. The highest BCUT2D eigenvalue weighted by molar-refractivity contribution is 7.99. The Balaban J connectivity index is 1.66. The van der Waals surface area contributed by atoms with E-state index in [1.54, 1.807) is 23.0 Å². The van der Waals surface area contributed by atoms with Crippen LogP contribution < -0.4 is 10.9 Å². The van der Waals surface area contributed by atoms with E-state index in [2.05, 4.69) is 17.2 Å². The van der Waals surface area contributed by atoms with Crippen molar-refractivity contribution in [2.45, 2.75) is 57.5 Å². The van der Waals surface area contributed by atoms with Crippen molar-refractivity contribution in [1.82, 2.24) is 14.9 Å². The first kappa shape index (κ1) is 19.4. The van der Waals surface area contributed by atoms with Crippen molar-refractivity contribution >= 4 is 39.2 Å². The number of hydrogen-bond donors (Lipinski definition) is 1. The minimum absolute atomic E-state index is 0.0127. The van der Waals surface area contributed by atoms with Crippen molar-refractivity contribution < 1.29 is 4.79 Å². The summed E-state index contributed by atoms with van der Waals surface area (Å²) in [4.78, 5) is 31.5. The van der Waals surface area contributed by atoms with Gasteiger partial charge in [0.2, 0.25) is 5.91 Å². The van der Waals surface area contributed by atoms with E-state index in [4.69, 9.17) is 0 Å². The Bertz CT molecular complexity index is 851. The normalized spacial score (nSPS) is 15.5. The molecule has 26 heavy (non-hydrogen) atoms. The maximum Gasteiger partial charge on any atom is 0.262 e. The second-order valence-corrected chi connectivity index (χ2v) is 9.17. The molecule has 0 saturated heterocycles. The van der Waals surface area contributed by atoms with Crippen molar-refractivity contribution in [1.29, 1.82) is 0 Å². The van der Waals surface area contributed by atoms with Crippen LogP contribution in [0.3, 0.4) is 0 Å². The van der Waals surface area contributed by atoms with E-state index in [1.165, 1.54) is 43.9 Å². The van der Waals surface area contributed by atoms with Crippen molar-refractivity contribution in [3.8, 4) is 0 Å². The molecule has 2 aromatic heterocycles. The standard InChI is InChI=1S/C19H27N3O2S2/c1-4-14-12(2)26-17-16(14)18(24)22(3)19(21-17)25-11-15(23)20-10-13-8-6-5-7-9-13/h13H,4-11H2,1-3H3,(H,20,23). The molecule has 0 bridgehead atoms. The molecule has 3 rings (SSSR count). The van der Waals surface area contributed by atoms with Gasteiger partial charge in [-0.15, -0.1) is 11.3 Å². The van der Waals surface area contributed by atoms with Gasteiger partial charge in [0, 0.05) is 18.5 Å². The first-order valence-corrected chi connectivity index (χ1v) is 11.2. The van der Waals surface area contributed by atoms with Gasteiger partial charge < -0.3 is 5.32 Å². The summed E-state index contributed by atoms with van der Waals surface area (Å²) in [5.41, 5.74) is 1.08. The first-order valence-electron chi connectivity index (χ1n) is 9.39. The molecule has 1 amide bonds. The zero-order valence-corrected chi connectivity index (χ0v) is 17.4. The topological polar surface area (TPSA) is 64.0 Å². The molecule has 0 aliphatic heterocycles. The Labute approximate surface area is 162 Å². The summed E-state index contributed by atoms with van der Waals surface area (Å²) in [7, 11) is 1.74. The van der Waals surface area contributed by atoms with Crippen LogP contribution in [0.1, 0.15) is 49.5 Å². The van der Waals surface area contributed by atoms with Gasteiger partial charge in [0.05, 0.1) is 11.1 Å². The van der Waals surface area contributed by atoms with Gasteiger partial charge in [-0.05, 0) is 37.7 Å². The van der Waals surface area contributed by atoms with Gasteiger partial charge in [0.15, 0.2) is 5.16 Å². The van der Waals surface area contributed by atoms with Crippen LogP contribution in [0.4, 0.5) is 0 Å². The Morgan fingerprint density at radius 2 is 2.08 bits per heavy atom. The maximum absolute atomic E-state index is 12.7. The zero-order chi connectivity index (χ0) is 18.7. The first-order chi connectivity index (χ1) is 12.5. The van der Waals surface area contributed by atoms with Crippen LogP contribution in [0.2, 0.25) is 0 Å². The molecule has 1 N–H and O–H groups in total. The summed E-state index contributed by atoms with van der Waals surface area (Å²) in [6.07, 6.45) is 7.15. The fourth-order valence-electron chi connectivity index (χ4n) is 3.66. The minimum Gasteiger partial charge on any atom is -0.355 e. The summed E-state index contributed by atoms with van der Waals surface area (Å²) >= 11 is 2.91. The highest BCUT2D eigenvalue weighted by Gasteiger charge is 2.18. The van der Waals surface area contributed by atoms with Crippen molar-refractivity contribution in [2.75, 3.05) is 12.3 Å². The molecule has 0 radical (unpaired) electrons. The van der Waals surface area contributed by atoms with Crippen LogP contribution in [0.15, 0.2) is 9.95 Å². The highest BCUT2D eigenvalue weighted by Crippen LogP contribution is 2.29. The second kappa shape index (κ2) is 8.57. The molecule has 2 heterocycles. The quantitative estimate of drug-likeness (QED) is 0.601. The summed E-state index contributed by atoms with van der Waals surface area (Å²) in [6.45, 7) is 4.87. The van der Waals surface area contributed by atoms with E-state index >= 15 is 0 Å². The van der Waals surface area contributed by atoms with Crippen LogP contribution in [-0.4, -0.2) is 27.8 Å². The molecule has 2 aromatic rings. The number of thiophene rings is 1. The number of aromatic nitrogens is 2. The third kappa shape index (κ3) is 4.14. The predicted octanol–water partition coefficient (Wildman–Crippen LogP) is 3.65. The minimum atomic E-state index is -0.0127. The molecule has 0 atom stereocenters. The number of fused-ring (bicyclic) bond motifs is 1. The van der Waals surface area contributed by atoms with E-state index in [1.807, 2.05) is 6.92 Å². The number of thioether (sulfide) groups is 1. The summed E-state index contributed by atoms with van der Waals surface area (Å²) < 4.78 is 1.58. The zero-order valence-electron chi connectivity index (χ0n) is 15.8. The average Bonchev–Trinajstić information content (AvgIpc) is 2.97. The van der Waals surface area contributed by atoms with Crippen molar-refractivity contribution in [2.24, 2.45) is 13.0 Å². The lowest BCUT2D eigenvalue weighted by Gasteiger charge is -2.21. The summed E-state index contributed by atoms with van der Waals surface area (Å²) in [5, 5.41) is 4.39. The van der Waals surface area contributed by atoms with E-state index in [0.29, 0.717) is 16.8 Å². The fraction of sp³-hybridized carbons (Fsp3) is 0.632. The lowest BCUT2D eigenvalue weighted by atomic mass is 9.89. The van der Waals surface area contributed by atoms with Crippen molar-refractivity contribution in [3.05, 3.63) is 20.8 Å². The fourth-order valence-corrected chi connectivity index (χ4v) is 5.62. The number of rotatable bonds is 6. The van der Waals surface area contributed by atoms with E-state index < -0.39 is 0 Å². The van der Waals surface area contributed by atoms with Gasteiger partial charge in [0.25, 0.3) is 5.56 Å². The molecule has 142 valence electrons. The summed E-state index contributed by atoms with van der Waals surface area (Å²) in [6, 6.07) is 0.